The van der Waals surface area contributed by atoms with Gasteiger partial charge in [-0.25, -0.2) is 14.8 Å². The van der Waals surface area contributed by atoms with Crippen molar-refractivity contribution in [3.8, 4) is 0 Å². The Morgan fingerprint density at radius 1 is 1.23 bits per heavy atom. The number of aromatic nitrogens is 2. The van der Waals surface area contributed by atoms with E-state index >= 15 is 0 Å². The second-order valence-electron chi connectivity index (χ2n) is 8.09. The first-order valence-electron chi connectivity index (χ1n) is 9.68. The topological polar surface area (TPSA) is 55.3 Å². The highest BCUT2D eigenvalue weighted by atomic mass is 19.4. The van der Waals surface area contributed by atoms with Crippen LogP contribution in [0.2, 0.25) is 0 Å². The van der Waals surface area contributed by atoms with Crippen LogP contribution in [0.25, 0.3) is 11.1 Å². The quantitative estimate of drug-likeness (QED) is 0.650. The molecule has 0 bridgehead atoms. The number of rotatable bonds is 2. The number of nitrogens with zero attached hydrogens (tertiary/aromatic N) is 3. The van der Waals surface area contributed by atoms with Crippen LogP contribution < -0.4 is 0 Å². The molecule has 2 aliphatic rings. The van der Waals surface area contributed by atoms with Gasteiger partial charge in [-0.05, 0) is 51.3 Å². The van der Waals surface area contributed by atoms with Gasteiger partial charge in [-0.1, -0.05) is 24.3 Å². The summed E-state index contributed by atoms with van der Waals surface area (Å²) in [7, 11) is 0. The minimum absolute atomic E-state index is 0.174. The van der Waals surface area contributed by atoms with Crippen molar-refractivity contribution in [2.24, 2.45) is 0 Å². The number of hydrogen-bond acceptors (Lipinski definition) is 4. The Balaban J connectivity index is 1.79. The first-order chi connectivity index (χ1) is 14.0. The predicted molar refractivity (Wildman–Crippen MR) is 108 cm³/mol. The van der Waals surface area contributed by atoms with E-state index in [1.165, 1.54) is 12.3 Å². The van der Waals surface area contributed by atoms with Crippen LogP contribution in [0.5, 0.6) is 0 Å². The highest BCUT2D eigenvalue weighted by Gasteiger charge is 2.33. The van der Waals surface area contributed by atoms with Crippen molar-refractivity contribution in [3.63, 3.8) is 0 Å². The summed E-state index contributed by atoms with van der Waals surface area (Å²) < 4.78 is 44.9. The van der Waals surface area contributed by atoms with Crippen LogP contribution >= 0.6 is 0 Å². The molecule has 0 saturated carbocycles. The molecular weight excluding hydrogens is 395 g/mol. The summed E-state index contributed by atoms with van der Waals surface area (Å²) in [6.07, 6.45) is 4.80. The molecule has 1 aliphatic heterocycles. The van der Waals surface area contributed by atoms with E-state index in [0.717, 1.165) is 11.6 Å². The number of alkyl halides is 3. The van der Waals surface area contributed by atoms with Gasteiger partial charge in [0.1, 0.15) is 5.60 Å². The zero-order valence-corrected chi connectivity index (χ0v) is 17.2. The van der Waals surface area contributed by atoms with Crippen LogP contribution in [-0.4, -0.2) is 45.8 Å². The number of carbonyl (C=O) groups excluding carboxylic acids is 1. The summed E-state index contributed by atoms with van der Waals surface area (Å²) in [4.78, 5) is 22.5. The van der Waals surface area contributed by atoms with Crippen LogP contribution in [0.15, 0.2) is 48.2 Å². The highest BCUT2D eigenvalue weighted by Crippen LogP contribution is 2.33. The maximum Gasteiger partial charge on any atom is 0.413 e. The Morgan fingerprint density at radius 2 is 2.00 bits per heavy atom. The molecule has 0 fully saturated rings. The molecule has 5 nitrogen and oxygen atoms in total. The molecule has 2 heterocycles. The standard InChI is InChI=1S/C22H24F3N3O2/c1-21(2,3)30-20(29)28-12-9-15(10-13-28)19-26-11-8-18(27-19)16-6-4-5-7-17(14-16)22(23,24)25/h4-6,8-9,11,14H,7,10,12-13H2,1-3H3. The molecule has 0 aromatic carbocycles. The third-order valence-corrected chi connectivity index (χ3v) is 4.54. The van der Waals surface area contributed by atoms with Gasteiger partial charge in [0, 0.05) is 30.4 Å². The Hall–Kier alpha value is -2.90. The van der Waals surface area contributed by atoms with Gasteiger partial charge in [-0.15, -0.1) is 0 Å². The molecule has 1 amide bonds. The monoisotopic (exact) mass is 419 g/mol. The van der Waals surface area contributed by atoms with Crippen LogP contribution in [0, 0.1) is 0 Å². The lowest BCUT2D eigenvalue weighted by Gasteiger charge is -2.29. The molecule has 8 heteroatoms. The maximum atomic E-state index is 13.2. The van der Waals surface area contributed by atoms with E-state index in [4.69, 9.17) is 4.74 Å². The molecule has 1 aromatic rings. The van der Waals surface area contributed by atoms with Gasteiger partial charge >= 0.3 is 12.3 Å². The third-order valence-electron chi connectivity index (χ3n) is 4.54. The third kappa shape index (κ3) is 5.58. The minimum atomic E-state index is -4.39. The van der Waals surface area contributed by atoms with E-state index in [-0.39, 0.29) is 12.5 Å². The van der Waals surface area contributed by atoms with Crippen molar-refractivity contribution in [1.29, 1.82) is 0 Å². The lowest BCUT2D eigenvalue weighted by Crippen LogP contribution is -2.39. The van der Waals surface area contributed by atoms with E-state index < -0.39 is 17.4 Å². The fraction of sp³-hybridized carbons (Fsp3) is 0.409. The second kappa shape index (κ2) is 8.45. The average Bonchev–Trinajstić information content (AvgIpc) is 2.93. The largest absolute Gasteiger partial charge is 0.444 e. The Bertz CT molecular complexity index is 938. The van der Waals surface area contributed by atoms with Gasteiger partial charge in [0.15, 0.2) is 5.82 Å². The molecule has 0 N–H and O–H groups in total. The highest BCUT2D eigenvalue weighted by molar-refractivity contribution is 5.76. The van der Waals surface area contributed by atoms with E-state index in [0.29, 0.717) is 36.6 Å². The summed E-state index contributed by atoms with van der Waals surface area (Å²) in [6.45, 7) is 6.25. The first-order valence-corrected chi connectivity index (χ1v) is 9.68. The van der Waals surface area contributed by atoms with Gasteiger partial charge in [0.2, 0.25) is 0 Å². The lowest BCUT2D eigenvalue weighted by atomic mass is 10.1. The number of amides is 1. The summed E-state index contributed by atoms with van der Waals surface area (Å²) >= 11 is 0. The van der Waals surface area contributed by atoms with Gasteiger partial charge in [0.25, 0.3) is 0 Å². The number of allylic oxidation sites excluding steroid dienone is 6. The molecule has 30 heavy (non-hydrogen) atoms. The molecule has 0 saturated heterocycles. The molecule has 1 aromatic heterocycles. The first kappa shape index (κ1) is 21.8. The Kier molecular flexibility index (Phi) is 6.14. The zero-order chi connectivity index (χ0) is 21.9. The lowest BCUT2D eigenvalue weighted by molar-refractivity contribution is -0.0928. The molecular formula is C22H24F3N3O2. The molecule has 0 unspecified atom stereocenters. The Morgan fingerprint density at radius 3 is 2.63 bits per heavy atom. The summed E-state index contributed by atoms with van der Waals surface area (Å²) in [5.74, 6) is 0.451. The van der Waals surface area contributed by atoms with Crippen molar-refractivity contribution in [1.82, 2.24) is 14.9 Å². The van der Waals surface area contributed by atoms with Crippen LogP contribution in [0.1, 0.15) is 45.1 Å². The smallest absolute Gasteiger partial charge is 0.413 e. The maximum absolute atomic E-state index is 13.2. The molecule has 0 atom stereocenters. The average molecular weight is 419 g/mol. The van der Waals surface area contributed by atoms with E-state index in [1.54, 1.807) is 23.1 Å². The number of hydrogen-bond donors (Lipinski definition) is 0. The van der Waals surface area contributed by atoms with Crippen molar-refractivity contribution >= 4 is 17.2 Å². The molecule has 0 radical (unpaired) electrons. The van der Waals surface area contributed by atoms with Gasteiger partial charge < -0.3 is 9.64 Å². The van der Waals surface area contributed by atoms with Crippen molar-refractivity contribution in [3.05, 3.63) is 59.7 Å². The number of ether oxygens (including phenoxy) is 1. The van der Waals surface area contributed by atoms with Gasteiger partial charge in [-0.3, -0.25) is 0 Å². The van der Waals surface area contributed by atoms with Crippen molar-refractivity contribution in [2.45, 2.75) is 45.4 Å². The van der Waals surface area contributed by atoms with Crippen LogP contribution in [0.3, 0.4) is 0 Å². The zero-order valence-electron chi connectivity index (χ0n) is 17.2. The molecule has 3 rings (SSSR count). The molecule has 160 valence electrons. The van der Waals surface area contributed by atoms with E-state index in [9.17, 15) is 18.0 Å². The van der Waals surface area contributed by atoms with Gasteiger partial charge in [-0.2, -0.15) is 13.2 Å². The predicted octanol–water partition coefficient (Wildman–Crippen LogP) is 5.33. The molecule has 0 spiro atoms. The summed E-state index contributed by atoms with van der Waals surface area (Å²) in [5, 5.41) is 0. The van der Waals surface area contributed by atoms with Crippen LogP contribution in [0.4, 0.5) is 18.0 Å². The normalized spacial score (nSPS) is 17.7. The van der Waals surface area contributed by atoms with Gasteiger partial charge in [0.05, 0.1) is 5.69 Å². The van der Waals surface area contributed by atoms with Crippen molar-refractivity contribution < 1.29 is 22.7 Å². The number of halogens is 3. The molecule has 1 aliphatic carbocycles. The van der Waals surface area contributed by atoms with E-state index in [2.05, 4.69) is 9.97 Å². The summed E-state index contributed by atoms with van der Waals surface area (Å²) in [6, 6.07) is 1.59. The summed E-state index contributed by atoms with van der Waals surface area (Å²) in [5.41, 5.74) is 0.464. The SMILES string of the molecule is CC(C)(C)OC(=O)N1CC=C(c2nccc(C3=CC=CCC(C(F)(F)F)=C3)n2)CC1. The van der Waals surface area contributed by atoms with Crippen molar-refractivity contribution in [2.75, 3.05) is 13.1 Å². The minimum Gasteiger partial charge on any atom is -0.444 e. The fourth-order valence-corrected chi connectivity index (χ4v) is 3.06. The van der Waals surface area contributed by atoms with E-state index in [1.807, 2.05) is 26.8 Å². The Labute approximate surface area is 173 Å². The number of carbonyl (C=O) groups is 1. The fourth-order valence-electron chi connectivity index (χ4n) is 3.06. The second-order valence-corrected chi connectivity index (χ2v) is 8.09. The van der Waals surface area contributed by atoms with Crippen LogP contribution in [-0.2, 0) is 4.74 Å².